The number of rotatable bonds is 1. The molecule has 100 valence electrons. The Morgan fingerprint density at radius 1 is 1.05 bits per heavy atom. The first-order valence-corrected chi connectivity index (χ1v) is 6.32. The molecular weight excluding hydrogens is 282 g/mol. The Hall–Kier alpha value is -2.07. The fourth-order valence-electron chi connectivity index (χ4n) is 2.09. The van der Waals surface area contributed by atoms with E-state index in [9.17, 15) is 8.78 Å². The van der Waals surface area contributed by atoms with E-state index >= 15 is 0 Å². The second kappa shape index (κ2) is 4.80. The summed E-state index contributed by atoms with van der Waals surface area (Å²) in [5.74, 6) is -1.22. The number of aryl methyl sites for hydroxylation is 1. The fourth-order valence-corrected chi connectivity index (χ4v) is 2.42. The van der Waals surface area contributed by atoms with Crippen LogP contribution in [0, 0.1) is 18.6 Å². The van der Waals surface area contributed by atoms with E-state index in [2.05, 4.69) is 9.97 Å². The third-order valence-electron chi connectivity index (χ3n) is 3.06. The maximum Gasteiger partial charge on any atom is 0.164 e. The molecule has 3 rings (SSSR count). The normalized spacial score (nSPS) is 11.0. The molecule has 0 N–H and O–H groups in total. The van der Waals surface area contributed by atoms with Gasteiger partial charge in [-0.2, -0.15) is 0 Å². The van der Waals surface area contributed by atoms with E-state index < -0.39 is 11.6 Å². The average Bonchev–Trinajstić information content (AvgIpc) is 2.38. The quantitative estimate of drug-likeness (QED) is 0.615. The van der Waals surface area contributed by atoms with Gasteiger partial charge in [-0.1, -0.05) is 23.7 Å². The van der Waals surface area contributed by atoms with Crippen molar-refractivity contribution in [3.05, 3.63) is 58.7 Å². The molecule has 1 heterocycles. The van der Waals surface area contributed by atoms with Crippen molar-refractivity contribution in [3.8, 4) is 11.4 Å². The highest BCUT2D eigenvalue weighted by Crippen LogP contribution is 2.28. The number of fused-ring (bicyclic) bond motifs is 1. The number of benzene rings is 2. The van der Waals surface area contributed by atoms with Crippen molar-refractivity contribution >= 4 is 22.5 Å². The molecule has 0 fully saturated rings. The van der Waals surface area contributed by atoms with E-state index in [1.807, 2.05) is 19.1 Å². The molecule has 0 aliphatic carbocycles. The Bertz CT molecular complexity index is 818. The van der Waals surface area contributed by atoms with Crippen LogP contribution < -0.4 is 0 Å². The Labute approximate surface area is 119 Å². The molecule has 1 aromatic heterocycles. The summed E-state index contributed by atoms with van der Waals surface area (Å²) < 4.78 is 26.7. The van der Waals surface area contributed by atoms with Crippen LogP contribution in [0.5, 0.6) is 0 Å². The van der Waals surface area contributed by atoms with Crippen LogP contribution in [-0.2, 0) is 0 Å². The second-order valence-electron chi connectivity index (χ2n) is 4.43. The molecule has 2 aromatic carbocycles. The number of hydrogen-bond donors (Lipinski definition) is 0. The summed E-state index contributed by atoms with van der Waals surface area (Å²) in [5, 5.41) is 0.993. The third-order valence-corrected chi connectivity index (χ3v) is 3.33. The average molecular weight is 291 g/mol. The molecule has 20 heavy (non-hydrogen) atoms. The van der Waals surface area contributed by atoms with E-state index in [0.29, 0.717) is 5.52 Å². The van der Waals surface area contributed by atoms with E-state index in [4.69, 9.17) is 11.6 Å². The van der Waals surface area contributed by atoms with Crippen molar-refractivity contribution < 1.29 is 8.78 Å². The zero-order valence-corrected chi connectivity index (χ0v) is 11.2. The van der Waals surface area contributed by atoms with Crippen molar-refractivity contribution in [2.24, 2.45) is 0 Å². The lowest BCUT2D eigenvalue weighted by Gasteiger charge is -2.07. The molecule has 0 aliphatic heterocycles. The number of aromatic nitrogens is 2. The van der Waals surface area contributed by atoms with Gasteiger partial charge in [0.15, 0.2) is 5.82 Å². The van der Waals surface area contributed by atoms with Crippen molar-refractivity contribution in [2.75, 3.05) is 0 Å². The Morgan fingerprint density at radius 2 is 1.85 bits per heavy atom. The minimum Gasteiger partial charge on any atom is -0.228 e. The first-order chi connectivity index (χ1) is 9.56. The summed E-state index contributed by atoms with van der Waals surface area (Å²) in [6.07, 6.45) is 0. The summed E-state index contributed by atoms with van der Waals surface area (Å²) >= 11 is 6.15. The molecule has 0 radical (unpaired) electrons. The van der Waals surface area contributed by atoms with Gasteiger partial charge in [-0.3, -0.25) is 0 Å². The highest BCUT2D eigenvalue weighted by molar-refractivity contribution is 6.34. The van der Waals surface area contributed by atoms with Crippen LogP contribution in [0.15, 0.2) is 36.4 Å². The van der Waals surface area contributed by atoms with E-state index in [-0.39, 0.29) is 16.5 Å². The van der Waals surface area contributed by atoms with E-state index in [1.54, 1.807) is 6.07 Å². The zero-order chi connectivity index (χ0) is 14.3. The van der Waals surface area contributed by atoms with Crippen LogP contribution in [0.25, 0.3) is 22.3 Å². The summed E-state index contributed by atoms with van der Waals surface area (Å²) in [6.45, 7) is 1.90. The molecule has 2 nitrogen and oxygen atoms in total. The summed E-state index contributed by atoms with van der Waals surface area (Å²) in [7, 11) is 0. The predicted octanol–water partition coefficient (Wildman–Crippen LogP) is 4.54. The van der Waals surface area contributed by atoms with Crippen LogP contribution in [-0.4, -0.2) is 9.97 Å². The van der Waals surface area contributed by atoms with E-state index in [0.717, 1.165) is 23.1 Å². The molecule has 0 unspecified atom stereocenters. The van der Waals surface area contributed by atoms with Crippen molar-refractivity contribution in [1.82, 2.24) is 9.97 Å². The maximum absolute atomic E-state index is 13.8. The standard InChI is InChI=1S/C15H9ClF2N2/c1-8-3-2-4-12-13(8)14(16)20-15(19-12)10-6-5-9(17)7-11(10)18/h2-7H,1H3. The van der Waals surface area contributed by atoms with Crippen LogP contribution >= 0.6 is 11.6 Å². The van der Waals surface area contributed by atoms with Gasteiger partial charge in [-0.15, -0.1) is 0 Å². The monoisotopic (exact) mass is 290 g/mol. The SMILES string of the molecule is Cc1cccc2nc(-c3ccc(F)cc3F)nc(Cl)c12. The first-order valence-electron chi connectivity index (χ1n) is 5.94. The highest BCUT2D eigenvalue weighted by Gasteiger charge is 2.13. The van der Waals surface area contributed by atoms with Gasteiger partial charge in [0, 0.05) is 11.5 Å². The van der Waals surface area contributed by atoms with Crippen LogP contribution in [0.4, 0.5) is 8.78 Å². The van der Waals surface area contributed by atoms with Crippen LogP contribution in [0.2, 0.25) is 5.15 Å². The van der Waals surface area contributed by atoms with Gasteiger partial charge in [0.05, 0.1) is 11.1 Å². The summed E-state index contributed by atoms with van der Waals surface area (Å²) in [5.41, 5.74) is 1.69. The molecule has 0 saturated carbocycles. The lowest BCUT2D eigenvalue weighted by molar-refractivity contribution is 0.585. The Balaban J connectivity index is 2.28. The first kappa shape index (κ1) is 12.9. The van der Waals surface area contributed by atoms with E-state index in [1.165, 1.54) is 6.07 Å². The molecule has 5 heteroatoms. The minimum absolute atomic E-state index is 0.122. The van der Waals surface area contributed by atoms with Crippen LogP contribution in [0.3, 0.4) is 0 Å². The van der Waals surface area contributed by atoms with Gasteiger partial charge in [-0.25, -0.2) is 18.7 Å². The van der Waals surface area contributed by atoms with Gasteiger partial charge in [-0.05, 0) is 30.7 Å². The predicted molar refractivity (Wildman–Crippen MR) is 74.6 cm³/mol. The zero-order valence-electron chi connectivity index (χ0n) is 10.5. The smallest absolute Gasteiger partial charge is 0.164 e. The molecule has 0 bridgehead atoms. The lowest BCUT2D eigenvalue weighted by Crippen LogP contribution is -1.96. The summed E-state index contributed by atoms with van der Waals surface area (Å²) in [4.78, 5) is 8.41. The molecule has 0 atom stereocenters. The van der Waals surface area contributed by atoms with Gasteiger partial charge < -0.3 is 0 Å². The third kappa shape index (κ3) is 2.12. The molecule has 0 spiro atoms. The molecular formula is C15H9ClF2N2. The van der Waals surface area contributed by atoms with Gasteiger partial charge in [0.25, 0.3) is 0 Å². The minimum atomic E-state index is -0.715. The molecule has 0 amide bonds. The number of nitrogens with zero attached hydrogens (tertiary/aromatic N) is 2. The van der Waals surface area contributed by atoms with Crippen molar-refractivity contribution in [3.63, 3.8) is 0 Å². The number of hydrogen-bond acceptors (Lipinski definition) is 2. The summed E-state index contributed by atoms with van der Waals surface area (Å²) in [6, 6.07) is 8.78. The highest BCUT2D eigenvalue weighted by atomic mass is 35.5. The largest absolute Gasteiger partial charge is 0.228 e. The molecule has 0 aliphatic rings. The van der Waals surface area contributed by atoms with Gasteiger partial charge in [0.2, 0.25) is 0 Å². The van der Waals surface area contributed by atoms with Crippen molar-refractivity contribution in [2.45, 2.75) is 6.92 Å². The molecule has 3 aromatic rings. The maximum atomic E-state index is 13.8. The Morgan fingerprint density at radius 3 is 2.60 bits per heavy atom. The topological polar surface area (TPSA) is 25.8 Å². The van der Waals surface area contributed by atoms with Crippen LogP contribution in [0.1, 0.15) is 5.56 Å². The van der Waals surface area contributed by atoms with Gasteiger partial charge in [0.1, 0.15) is 16.8 Å². The Kier molecular flexibility index (Phi) is 3.10. The second-order valence-corrected chi connectivity index (χ2v) is 4.79. The lowest BCUT2D eigenvalue weighted by atomic mass is 10.1. The molecule has 0 saturated heterocycles. The number of halogens is 3. The fraction of sp³-hybridized carbons (Fsp3) is 0.0667. The van der Waals surface area contributed by atoms with Crippen molar-refractivity contribution in [1.29, 1.82) is 0 Å². The van der Waals surface area contributed by atoms with Gasteiger partial charge >= 0.3 is 0 Å².